The molecule has 2 amide bonds. The van der Waals surface area contributed by atoms with Gasteiger partial charge in [-0.05, 0) is 0 Å². The summed E-state index contributed by atoms with van der Waals surface area (Å²) in [5.74, 6) is -1.90. The molecule has 1 aliphatic rings. The largest absolute Gasteiger partial charge is 0.481 e. The van der Waals surface area contributed by atoms with Crippen molar-refractivity contribution in [2.75, 3.05) is 45.9 Å². The first kappa shape index (κ1) is 16.7. The lowest BCUT2D eigenvalue weighted by atomic mass is 10.0. The summed E-state index contributed by atoms with van der Waals surface area (Å²) in [7, 11) is -0.177. The second-order valence-electron chi connectivity index (χ2n) is 4.99. The number of nitrogens with zero attached hydrogens (tertiary/aromatic N) is 2. The zero-order valence-electron chi connectivity index (χ0n) is 11.8. The van der Waals surface area contributed by atoms with Crippen LogP contribution in [-0.2, 0) is 19.4 Å². The van der Waals surface area contributed by atoms with Crippen molar-refractivity contribution < 1.29 is 27.9 Å². The van der Waals surface area contributed by atoms with Crippen molar-refractivity contribution in [1.29, 1.82) is 0 Å². The van der Waals surface area contributed by atoms with E-state index < -0.39 is 33.8 Å². The van der Waals surface area contributed by atoms with Crippen LogP contribution in [0.15, 0.2) is 0 Å². The summed E-state index contributed by atoms with van der Waals surface area (Å²) in [5, 5.41) is 9.05. The van der Waals surface area contributed by atoms with Gasteiger partial charge in [-0.3, -0.25) is 4.79 Å². The van der Waals surface area contributed by atoms with Crippen molar-refractivity contribution in [2.45, 2.75) is 6.04 Å². The summed E-state index contributed by atoms with van der Waals surface area (Å²) >= 11 is 0. The van der Waals surface area contributed by atoms with Gasteiger partial charge in [0.1, 0.15) is 15.8 Å². The number of sulfone groups is 1. The number of carboxylic acids is 1. The number of aliphatic carboxylic acids is 1. The molecule has 0 aromatic carbocycles. The molecule has 0 spiro atoms. The van der Waals surface area contributed by atoms with Crippen LogP contribution in [0.1, 0.15) is 0 Å². The Labute approximate surface area is 118 Å². The average Bonchev–Trinajstić information content (AvgIpc) is 2.82. The molecule has 1 heterocycles. The lowest BCUT2D eigenvalue weighted by Gasteiger charge is -2.30. The topological polar surface area (TPSA) is 104 Å². The van der Waals surface area contributed by atoms with Crippen LogP contribution in [0.25, 0.3) is 0 Å². The van der Waals surface area contributed by atoms with E-state index >= 15 is 0 Å². The normalized spacial score (nSPS) is 22.6. The van der Waals surface area contributed by atoms with E-state index in [4.69, 9.17) is 9.84 Å². The van der Waals surface area contributed by atoms with Crippen molar-refractivity contribution in [3.05, 3.63) is 0 Å². The fourth-order valence-electron chi connectivity index (χ4n) is 1.97. The van der Waals surface area contributed by atoms with E-state index in [0.29, 0.717) is 0 Å². The SMILES string of the molecule is CN(CCS(C)(=O)=O)C(=O)N(C)C1COCC1C(=O)O. The summed E-state index contributed by atoms with van der Waals surface area (Å²) in [6, 6.07) is -0.962. The van der Waals surface area contributed by atoms with Crippen LogP contribution in [-0.4, -0.2) is 87.2 Å². The van der Waals surface area contributed by atoms with Gasteiger partial charge in [0.2, 0.25) is 0 Å². The minimum absolute atomic E-state index is 0.0628. The van der Waals surface area contributed by atoms with Gasteiger partial charge in [0.15, 0.2) is 0 Å². The number of hydrogen-bond acceptors (Lipinski definition) is 5. The molecule has 1 N–H and O–H groups in total. The molecule has 1 saturated heterocycles. The molecule has 116 valence electrons. The Balaban J connectivity index is 2.64. The van der Waals surface area contributed by atoms with Gasteiger partial charge in [0, 0.05) is 26.9 Å². The number of hydrogen-bond donors (Lipinski definition) is 1. The highest BCUT2D eigenvalue weighted by Gasteiger charge is 2.39. The molecule has 0 saturated carbocycles. The van der Waals surface area contributed by atoms with E-state index in [2.05, 4.69) is 0 Å². The van der Waals surface area contributed by atoms with Crippen molar-refractivity contribution in [1.82, 2.24) is 9.80 Å². The fraction of sp³-hybridized carbons (Fsp3) is 0.818. The summed E-state index contributed by atoms with van der Waals surface area (Å²) in [4.78, 5) is 25.7. The third kappa shape index (κ3) is 4.34. The smallest absolute Gasteiger partial charge is 0.319 e. The molecule has 1 aliphatic heterocycles. The van der Waals surface area contributed by atoms with E-state index in [1.54, 1.807) is 0 Å². The van der Waals surface area contributed by atoms with E-state index in [0.717, 1.165) is 6.26 Å². The molecule has 0 bridgehead atoms. The van der Waals surface area contributed by atoms with E-state index in [-0.39, 0.29) is 25.5 Å². The quantitative estimate of drug-likeness (QED) is 0.707. The molecule has 9 heteroatoms. The molecular weight excluding hydrogens is 288 g/mol. The summed E-state index contributed by atoms with van der Waals surface area (Å²) in [6.45, 7) is 0.303. The maximum atomic E-state index is 12.1. The first-order chi connectivity index (χ1) is 9.13. The van der Waals surface area contributed by atoms with Crippen LogP contribution in [0.4, 0.5) is 4.79 Å². The second kappa shape index (κ2) is 6.40. The Morgan fingerprint density at radius 3 is 2.40 bits per heavy atom. The molecule has 0 aliphatic carbocycles. The standard InChI is InChI=1S/C11H20N2O6S/c1-12(4-5-20(3,17)18)11(16)13(2)9-7-19-6-8(9)10(14)15/h8-9H,4-7H2,1-3H3,(H,14,15). The molecular formula is C11H20N2O6S. The predicted molar refractivity (Wildman–Crippen MR) is 71.2 cm³/mol. The van der Waals surface area contributed by atoms with Gasteiger partial charge in [0.25, 0.3) is 0 Å². The lowest BCUT2D eigenvalue weighted by molar-refractivity contribution is -0.142. The lowest BCUT2D eigenvalue weighted by Crippen LogP contribution is -2.49. The third-order valence-electron chi connectivity index (χ3n) is 3.29. The Morgan fingerprint density at radius 1 is 1.30 bits per heavy atom. The predicted octanol–water partition coefficient (Wildman–Crippen LogP) is -0.886. The van der Waals surface area contributed by atoms with Crippen LogP contribution in [0.5, 0.6) is 0 Å². The first-order valence-electron chi connectivity index (χ1n) is 6.09. The van der Waals surface area contributed by atoms with Crippen LogP contribution in [0.3, 0.4) is 0 Å². The highest BCUT2D eigenvalue weighted by molar-refractivity contribution is 7.90. The van der Waals surface area contributed by atoms with E-state index in [9.17, 15) is 18.0 Å². The number of amides is 2. The van der Waals surface area contributed by atoms with Crippen LogP contribution < -0.4 is 0 Å². The fourth-order valence-corrected chi connectivity index (χ4v) is 2.58. The number of carboxylic acid groups (broad SMARTS) is 1. The Bertz CT molecular complexity index is 477. The zero-order chi connectivity index (χ0) is 15.5. The van der Waals surface area contributed by atoms with Gasteiger partial charge in [-0.15, -0.1) is 0 Å². The maximum absolute atomic E-state index is 12.1. The molecule has 2 atom stereocenters. The van der Waals surface area contributed by atoms with Crippen molar-refractivity contribution >= 4 is 21.8 Å². The van der Waals surface area contributed by atoms with Gasteiger partial charge in [-0.25, -0.2) is 13.2 Å². The Hall–Kier alpha value is -1.35. The first-order valence-corrected chi connectivity index (χ1v) is 8.15. The summed E-state index contributed by atoms with van der Waals surface area (Å²) in [5.41, 5.74) is 0. The van der Waals surface area contributed by atoms with Crippen LogP contribution in [0.2, 0.25) is 0 Å². The van der Waals surface area contributed by atoms with Crippen LogP contribution in [0, 0.1) is 5.92 Å². The highest BCUT2D eigenvalue weighted by Crippen LogP contribution is 2.19. The van der Waals surface area contributed by atoms with Gasteiger partial charge >= 0.3 is 12.0 Å². The molecule has 2 unspecified atom stereocenters. The molecule has 0 radical (unpaired) electrons. The second-order valence-corrected chi connectivity index (χ2v) is 7.25. The number of rotatable bonds is 5. The van der Waals surface area contributed by atoms with Crippen molar-refractivity contribution in [2.24, 2.45) is 5.92 Å². The molecule has 0 aromatic rings. The van der Waals surface area contributed by atoms with E-state index in [1.807, 2.05) is 0 Å². The van der Waals surface area contributed by atoms with Crippen LogP contribution >= 0.6 is 0 Å². The monoisotopic (exact) mass is 308 g/mol. The average molecular weight is 308 g/mol. The molecule has 20 heavy (non-hydrogen) atoms. The van der Waals surface area contributed by atoms with Gasteiger partial charge in [-0.1, -0.05) is 0 Å². The maximum Gasteiger partial charge on any atom is 0.319 e. The highest BCUT2D eigenvalue weighted by atomic mass is 32.2. The minimum Gasteiger partial charge on any atom is -0.481 e. The molecule has 1 rings (SSSR count). The van der Waals surface area contributed by atoms with E-state index in [1.165, 1.54) is 23.9 Å². The molecule has 1 fully saturated rings. The number of ether oxygens (including phenoxy) is 1. The number of likely N-dealkylation sites (N-methyl/N-ethyl adjacent to an activating group) is 1. The number of urea groups is 1. The summed E-state index contributed by atoms with van der Waals surface area (Å²) in [6.07, 6.45) is 1.10. The Kier molecular flexibility index (Phi) is 5.35. The minimum atomic E-state index is -3.15. The number of carbonyl (C=O) groups is 2. The summed E-state index contributed by atoms with van der Waals surface area (Å²) < 4.78 is 27.3. The molecule has 8 nitrogen and oxygen atoms in total. The Morgan fingerprint density at radius 2 is 1.90 bits per heavy atom. The van der Waals surface area contributed by atoms with Gasteiger partial charge in [-0.2, -0.15) is 0 Å². The zero-order valence-corrected chi connectivity index (χ0v) is 12.6. The third-order valence-corrected chi connectivity index (χ3v) is 4.22. The van der Waals surface area contributed by atoms with Gasteiger partial charge in [0.05, 0.1) is 25.0 Å². The van der Waals surface area contributed by atoms with Crippen molar-refractivity contribution in [3.63, 3.8) is 0 Å². The molecule has 0 aromatic heterocycles. The van der Waals surface area contributed by atoms with Crippen molar-refractivity contribution in [3.8, 4) is 0 Å². The number of carbonyl (C=O) groups excluding carboxylic acids is 1. The van der Waals surface area contributed by atoms with Gasteiger partial charge < -0.3 is 19.6 Å².